The van der Waals surface area contributed by atoms with Crippen molar-refractivity contribution in [2.24, 2.45) is 0 Å². The van der Waals surface area contributed by atoms with E-state index in [0.717, 1.165) is 128 Å². The molecule has 400 valence electrons. The smallest absolute Gasteiger partial charge is 0.306 e. The molecule has 6 nitrogen and oxygen atoms in total. The van der Waals surface area contributed by atoms with Gasteiger partial charge in [-0.2, -0.15) is 0 Å². The Labute approximate surface area is 432 Å². The number of carbonyl (C=O) groups is 3. The van der Waals surface area contributed by atoms with E-state index in [1.165, 1.54) is 103 Å². The number of hydrogen-bond donors (Lipinski definition) is 0. The van der Waals surface area contributed by atoms with Crippen LogP contribution in [-0.4, -0.2) is 37.2 Å². The summed E-state index contributed by atoms with van der Waals surface area (Å²) in [4.78, 5) is 38.2. The maximum absolute atomic E-state index is 12.9. The minimum absolute atomic E-state index is 0.0845. The van der Waals surface area contributed by atoms with Crippen molar-refractivity contribution in [3.05, 3.63) is 97.2 Å². The quantitative estimate of drug-likeness (QED) is 0.0262. The predicted octanol–water partition coefficient (Wildman–Crippen LogP) is 19.7. The van der Waals surface area contributed by atoms with Crippen LogP contribution in [0.25, 0.3) is 0 Å². The molecule has 1 unspecified atom stereocenters. The van der Waals surface area contributed by atoms with Crippen molar-refractivity contribution in [2.75, 3.05) is 13.2 Å². The second-order valence-corrected chi connectivity index (χ2v) is 19.1. The van der Waals surface area contributed by atoms with Gasteiger partial charge in [0.25, 0.3) is 0 Å². The molecule has 0 radical (unpaired) electrons. The van der Waals surface area contributed by atoms with Gasteiger partial charge in [0.15, 0.2) is 6.10 Å². The molecule has 0 fully saturated rings. The van der Waals surface area contributed by atoms with Crippen LogP contribution in [0.15, 0.2) is 97.2 Å². The average Bonchev–Trinajstić information content (AvgIpc) is 3.36. The van der Waals surface area contributed by atoms with Gasteiger partial charge in [0.1, 0.15) is 13.2 Å². The fourth-order valence-corrected chi connectivity index (χ4v) is 8.01. The summed E-state index contributed by atoms with van der Waals surface area (Å²) in [6.07, 6.45) is 76.8. The van der Waals surface area contributed by atoms with Crippen molar-refractivity contribution in [3.63, 3.8) is 0 Å². The lowest BCUT2D eigenvalue weighted by Gasteiger charge is -2.18. The first kappa shape index (κ1) is 66.3. The molecule has 0 amide bonds. The average molecular weight is 974 g/mol. The summed E-state index contributed by atoms with van der Waals surface area (Å²) in [5.74, 6) is -0.902. The first-order chi connectivity index (χ1) is 34.5. The normalized spacial score (nSPS) is 12.8. The van der Waals surface area contributed by atoms with Crippen molar-refractivity contribution >= 4 is 17.9 Å². The summed E-state index contributed by atoms with van der Waals surface area (Å²) in [5, 5.41) is 0. The van der Waals surface area contributed by atoms with E-state index >= 15 is 0 Å². The molecule has 1 atom stereocenters. The Morgan fingerprint density at radius 2 is 0.557 bits per heavy atom. The Bertz CT molecular complexity index is 1400. The van der Waals surface area contributed by atoms with Gasteiger partial charge in [-0.1, -0.05) is 253 Å². The molecule has 0 rings (SSSR count). The number of rotatable bonds is 52. The zero-order valence-electron chi connectivity index (χ0n) is 45.8. The molecule has 70 heavy (non-hydrogen) atoms. The van der Waals surface area contributed by atoms with Gasteiger partial charge in [-0.25, -0.2) is 0 Å². The van der Waals surface area contributed by atoms with Gasteiger partial charge in [0, 0.05) is 19.3 Å². The number of hydrogen-bond acceptors (Lipinski definition) is 6. The zero-order chi connectivity index (χ0) is 50.7. The van der Waals surface area contributed by atoms with E-state index in [-0.39, 0.29) is 31.1 Å². The first-order valence-corrected chi connectivity index (χ1v) is 29.2. The van der Waals surface area contributed by atoms with Crippen molar-refractivity contribution < 1.29 is 28.6 Å². The van der Waals surface area contributed by atoms with Crippen LogP contribution in [0.3, 0.4) is 0 Å². The molecule has 0 aliphatic carbocycles. The molecule has 0 spiro atoms. The fourth-order valence-electron chi connectivity index (χ4n) is 8.01. The molecule has 0 saturated carbocycles. The van der Waals surface area contributed by atoms with Crippen LogP contribution in [-0.2, 0) is 28.6 Å². The summed E-state index contributed by atoms with van der Waals surface area (Å²) >= 11 is 0. The Morgan fingerprint density at radius 1 is 0.300 bits per heavy atom. The highest BCUT2D eigenvalue weighted by molar-refractivity contribution is 5.71. The standard InChI is InChI=1S/C64H108O6/c1-4-7-10-13-16-19-22-25-27-29-31-32-34-35-37-39-42-45-48-51-54-57-63(66)69-60-61(59-68-62(65)56-53-50-47-44-41-24-21-18-15-12-9-6-3)70-64(67)58-55-52-49-46-43-40-38-36-33-30-28-26-23-20-17-14-11-8-5-2/h7-8,10-11,16-17,19-20,25-28,31-33,36,61H,4-6,9,12-15,18,21-24,29-30,34-35,37-60H2,1-3H3/b10-7-,11-8-,19-16-,20-17-,27-25-,28-26-,32-31-,36-33-. The van der Waals surface area contributed by atoms with E-state index in [9.17, 15) is 14.4 Å². The molecule has 0 bridgehead atoms. The van der Waals surface area contributed by atoms with Gasteiger partial charge in [0.05, 0.1) is 0 Å². The minimum Gasteiger partial charge on any atom is -0.462 e. The largest absolute Gasteiger partial charge is 0.462 e. The topological polar surface area (TPSA) is 78.9 Å². The second-order valence-electron chi connectivity index (χ2n) is 19.1. The lowest BCUT2D eigenvalue weighted by molar-refractivity contribution is -0.167. The highest BCUT2D eigenvalue weighted by Crippen LogP contribution is 2.15. The molecule has 6 heteroatoms. The van der Waals surface area contributed by atoms with Crippen molar-refractivity contribution in [3.8, 4) is 0 Å². The number of ether oxygens (including phenoxy) is 3. The van der Waals surface area contributed by atoms with E-state index < -0.39 is 6.10 Å². The third-order valence-corrected chi connectivity index (χ3v) is 12.3. The summed E-state index contributed by atoms with van der Waals surface area (Å²) in [5.41, 5.74) is 0. The maximum atomic E-state index is 12.9. The molecule has 0 aromatic heterocycles. The van der Waals surface area contributed by atoms with Crippen LogP contribution in [0.1, 0.15) is 271 Å². The van der Waals surface area contributed by atoms with Crippen LogP contribution >= 0.6 is 0 Å². The predicted molar refractivity (Wildman–Crippen MR) is 302 cm³/mol. The van der Waals surface area contributed by atoms with Gasteiger partial charge in [-0.3, -0.25) is 14.4 Å². The second kappa shape index (κ2) is 57.9. The Morgan fingerprint density at radius 3 is 0.871 bits per heavy atom. The Balaban J connectivity index is 4.39. The van der Waals surface area contributed by atoms with Crippen molar-refractivity contribution in [1.82, 2.24) is 0 Å². The summed E-state index contributed by atoms with van der Waals surface area (Å²) in [6.45, 7) is 6.41. The molecule has 0 aliphatic heterocycles. The molecule has 0 aliphatic rings. The Hall–Kier alpha value is -3.67. The van der Waals surface area contributed by atoms with Gasteiger partial charge in [0.2, 0.25) is 0 Å². The van der Waals surface area contributed by atoms with Gasteiger partial charge in [-0.05, 0) is 96.3 Å². The van der Waals surface area contributed by atoms with E-state index in [1.54, 1.807) is 0 Å². The van der Waals surface area contributed by atoms with Gasteiger partial charge < -0.3 is 14.2 Å². The molecule has 0 aromatic rings. The number of carbonyl (C=O) groups excluding carboxylic acids is 3. The summed E-state index contributed by atoms with van der Waals surface area (Å²) in [7, 11) is 0. The minimum atomic E-state index is -0.788. The lowest BCUT2D eigenvalue weighted by atomic mass is 10.0. The van der Waals surface area contributed by atoms with Crippen molar-refractivity contribution in [1.29, 1.82) is 0 Å². The molecular weight excluding hydrogens is 865 g/mol. The molecule has 0 aromatic carbocycles. The van der Waals surface area contributed by atoms with E-state index in [1.807, 2.05) is 0 Å². The summed E-state index contributed by atoms with van der Waals surface area (Å²) in [6, 6.07) is 0. The molecular formula is C64H108O6. The number of unbranched alkanes of at least 4 members (excludes halogenated alkanes) is 25. The molecule has 0 N–H and O–H groups in total. The van der Waals surface area contributed by atoms with Crippen LogP contribution in [0.5, 0.6) is 0 Å². The molecule has 0 saturated heterocycles. The third-order valence-electron chi connectivity index (χ3n) is 12.3. The van der Waals surface area contributed by atoms with Crippen LogP contribution in [0.4, 0.5) is 0 Å². The number of allylic oxidation sites excluding steroid dienone is 16. The SMILES string of the molecule is CC/C=C\C/C=C\C/C=C\C/C=C\CCCCCCCCCCC(=O)OCC(COC(=O)CCCCCCCCCCCCCC)OC(=O)CCCCCCCC/C=C\C/C=C\C/C=C\C/C=C\CC. The van der Waals surface area contributed by atoms with Gasteiger partial charge >= 0.3 is 17.9 Å². The highest BCUT2D eigenvalue weighted by Gasteiger charge is 2.19. The zero-order valence-corrected chi connectivity index (χ0v) is 45.8. The summed E-state index contributed by atoms with van der Waals surface area (Å²) < 4.78 is 16.9. The maximum Gasteiger partial charge on any atom is 0.306 e. The fraction of sp³-hybridized carbons (Fsp3) is 0.703. The Kier molecular flexibility index (Phi) is 54.9. The highest BCUT2D eigenvalue weighted by atomic mass is 16.6. The van der Waals surface area contributed by atoms with Crippen molar-refractivity contribution in [2.45, 2.75) is 277 Å². The third kappa shape index (κ3) is 55.3. The van der Waals surface area contributed by atoms with E-state index in [2.05, 4.69) is 118 Å². The first-order valence-electron chi connectivity index (χ1n) is 29.2. The number of esters is 3. The van der Waals surface area contributed by atoms with Crippen LogP contribution in [0.2, 0.25) is 0 Å². The lowest BCUT2D eigenvalue weighted by Crippen LogP contribution is -2.30. The monoisotopic (exact) mass is 973 g/mol. The molecule has 0 heterocycles. The van der Waals surface area contributed by atoms with Crippen LogP contribution < -0.4 is 0 Å². The van der Waals surface area contributed by atoms with Crippen LogP contribution in [0, 0.1) is 0 Å². The van der Waals surface area contributed by atoms with E-state index in [0.29, 0.717) is 19.3 Å². The van der Waals surface area contributed by atoms with E-state index in [4.69, 9.17) is 14.2 Å². The van der Waals surface area contributed by atoms with Gasteiger partial charge in [-0.15, -0.1) is 0 Å².